The van der Waals surface area contributed by atoms with Crippen LogP contribution in [0.1, 0.15) is 39.3 Å². The average Bonchev–Trinajstić information content (AvgIpc) is 2.27. The van der Waals surface area contributed by atoms with Gasteiger partial charge in [0.05, 0.1) is 5.02 Å². The number of rotatable bonds is 5. The van der Waals surface area contributed by atoms with E-state index in [1.165, 1.54) is 0 Å². The Hall–Kier alpha value is -0.770. The van der Waals surface area contributed by atoms with Crippen molar-refractivity contribution < 1.29 is 10.1 Å². The van der Waals surface area contributed by atoms with Crippen LogP contribution in [0.2, 0.25) is 10.0 Å². The molecule has 0 heterocycles. The van der Waals surface area contributed by atoms with Gasteiger partial charge in [-0.05, 0) is 39.8 Å². The molecule has 0 radical (unpaired) electrons. The summed E-state index contributed by atoms with van der Waals surface area (Å²) < 4.78 is 0. The van der Waals surface area contributed by atoms with Gasteiger partial charge in [0.25, 0.3) is 5.91 Å². The SMILES string of the molecule is CC(C)NC(=O)[C@@H](C)[NH2+][C@H](C)c1ccc(Cl)cc1Cl. The van der Waals surface area contributed by atoms with Gasteiger partial charge in [-0.25, -0.2) is 0 Å². The second-order valence-electron chi connectivity index (χ2n) is 5.10. The number of amides is 1. The highest BCUT2D eigenvalue weighted by atomic mass is 35.5. The Morgan fingerprint density at radius 2 is 1.84 bits per heavy atom. The summed E-state index contributed by atoms with van der Waals surface area (Å²) in [5, 5.41) is 6.14. The molecule has 0 bridgehead atoms. The molecule has 1 aromatic rings. The predicted molar refractivity (Wildman–Crippen MR) is 79.5 cm³/mol. The van der Waals surface area contributed by atoms with E-state index in [0.717, 1.165) is 5.56 Å². The monoisotopic (exact) mass is 303 g/mol. The topological polar surface area (TPSA) is 45.7 Å². The summed E-state index contributed by atoms with van der Waals surface area (Å²) in [6.45, 7) is 7.81. The standard InChI is InChI=1S/C14H20Cl2N2O/c1-8(2)17-14(19)10(4)18-9(3)12-6-5-11(15)7-13(12)16/h5-10,18H,1-4H3,(H,17,19)/p+1/t9-,10-/m1/s1. The maximum absolute atomic E-state index is 11.9. The number of carbonyl (C=O) groups is 1. The Morgan fingerprint density at radius 3 is 2.37 bits per heavy atom. The number of halogens is 2. The highest BCUT2D eigenvalue weighted by Gasteiger charge is 2.21. The minimum Gasteiger partial charge on any atom is -0.349 e. The molecule has 0 fully saturated rings. The molecule has 0 saturated carbocycles. The molecule has 3 nitrogen and oxygen atoms in total. The molecule has 0 aliphatic heterocycles. The quantitative estimate of drug-likeness (QED) is 0.863. The van der Waals surface area contributed by atoms with Crippen LogP contribution < -0.4 is 10.6 Å². The summed E-state index contributed by atoms with van der Waals surface area (Å²) in [4.78, 5) is 11.9. The van der Waals surface area contributed by atoms with Crippen molar-refractivity contribution in [2.75, 3.05) is 0 Å². The fourth-order valence-corrected chi connectivity index (χ4v) is 2.49. The van der Waals surface area contributed by atoms with Gasteiger partial charge in [0.1, 0.15) is 6.04 Å². The third-order valence-electron chi connectivity index (χ3n) is 2.87. The number of benzene rings is 1. The third kappa shape index (κ3) is 5.01. The van der Waals surface area contributed by atoms with E-state index in [-0.39, 0.29) is 24.0 Å². The zero-order chi connectivity index (χ0) is 14.6. The van der Waals surface area contributed by atoms with Crippen molar-refractivity contribution in [1.29, 1.82) is 0 Å². The van der Waals surface area contributed by atoms with Crippen molar-refractivity contribution in [1.82, 2.24) is 5.32 Å². The molecule has 3 N–H and O–H groups in total. The first-order valence-electron chi connectivity index (χ1n) is 6.41. The van der Waals surface area contributed by atoms with Crippen molar-refractivity contribution in [3.8, 4) is 0 Å². The first kappa shape index (κ1) is 16.3. The van der Waals surface area contributed by atoms with Crippen LogP contribution in [0.4, 0.5) is 0 Å². The van der Waals surface area contributed by atoms with Crippen molar-refractivity contribution in [3.63, 3.8) is 0 Å². The van der Waals surface area contributed by atoms with Crippen molar-refractivity contribution in [2.45, 2.75) is 45.8 Å². The Bertz CT molecular complexity index is 449. The Balaban J connectivity index is 2.68. The smallest absolute Gasteiger partial charge is 0.278 e. The lowest BCUT2D eigenvalue weighted by atomic mass is 10.1. The highest BCUT2D eigenvalue weighted by molar-refractivity contribution is 6.35. The lowest BCUT2D eigenvalue weighted by molar-refractivity contribution is -0.710. The molecule has 0 aromatic heterocycles. The van der Waals surface area contributed by atoms with Gasteiger partial charge in [-0.2, -0.15) is 0 Å². The van der Waals surface area contributed by atoms with Crippen LogP contribution in [0, 0.1) is 0 Å². The number of hydrogen-bond donors (Lipinski definition) is 2. The van der Waals surface area contributed by atoms with E-state index in [9.17, 15) is 4.79 Å². The summed E-state index contributed by atoms with van der Waals surface area (Å²) in [6.07, 6.45) is 0. The van der Waals surface area contributed by atoms with E-state index in [2.05, 4.69) is 5.32 Å². The number of carbonyl (C=O) groups excluding carboxylic acids is 1. The van der Waals surface area contributed by atoms with Crippen molar-refractivity contribution in [3.05, 3.63) is 33.8 Å². The van der Waals surface area contributed by atoms with Crippen LogP contribution in [0.25, 0.3) is 0 Å². The number of quaternary nitrogens is 1. The number of hydrogen-bond acceptors (Lipinski definition) is 1. The fraction of sp³-hybridized carbons (Fsp3) is 0.500. The van der Waals surface area contributed by atoms with Crippen LogP contribution in [0.15, 0.2) is 18.2 Å². The molecule has 5 heteroatoms. The number of nitrogens with two attached hydrogens (primary N) is 1. The molecule has 0 unspecified atom stereocenters. The molecule has 2 atom stereocenters. The fourth-order valence-electron chi connectivity index (χ4n) is 1.91. The normalized spacial score (nSPS) is 14.3. The van der Waals surface area contributed by atoms with E-state index in [0.29, 0.717) is 10.0 Å². The van der Waals surface area contributed by atoms with Gasteiger partial charge in [-0.15, -0.1) is 0 Å². The molecule has 106 valence electrons. The molecule has 1 rings (SSSR count). The van der Waals surface area contributed by atoms with Crippen LogP contribution in [0.5, 0.6) is 0 Å². The largest absolute Gasteiger partial charge is 0.349 e. The summed E-state index contributed by atoms with van der Waals surface area (Å²) in [5.41, 5.74) is 0.982. The summed E-state index contributed by atoms with van der Waals surface area (Å²) in [7, 11) is 0. The van der Waals surface area contributed by atoms with E-state index >= 15 is 0 Å². The molecule has 1 aromatic carbocycles. The summed E-state index contributed by atoms with van der Waals surface area (Å²) in [5.74, 6) is 0.0342. The third-order valence-corrected chi connectivity index (χ3v) is 3.44. The Morgan fingerprint density at radius 1 is 1.21 bits per heavy atom. The summed E-state index contributed by atoms with van der Waals surface area (Å²) >= 11 is 12.0. The maximum atomic E-state index is 11.9. The van der Waals surface area contributed by atoms with Gasteiger partial charge in [0.2, 0.25) is 0 Å². The van der Waals surface area contributed by atoms with Crippen LogP contribution >= 0.6 is 23.2 Å². The molecule has 0 aliphatic rings. The molecule has 0 aliphatic carbocycles. The van der Waals surface area contributed by atoms with E-state index in [4.69, 9.17) is 23.2 Å². The van der Waals surface area contributed by atoms with Crippen LogP contribution in [-0.4, -0.2) is 18.0 Å². The van der Waals surface area contributed by atoms with Gasteiger partial charge in [0, 0.05) is 16.6 Å². The maximum Gasteiger partial charge on any atom is 0.278 e. The van der Waals surface area contributed by atoms with Crippen molar-refractivity contribution >= 4 is 29.1 Å². The van der Waals surface area contributed by atoms with E-state index < -0.39 is 0 Å². The molecule has 1 amide bonds. The van der Waals surface area contributed by atoms with E-state index in [1.54, 1.807) is 6.07 Å². The Kier molecular flexibility index (Phi) is 6.11. The second-order valence-corrected chi connectivity index (χ2v) is 5.94. The average molecular weight is 304 g/mol. The minimum absolute atomic E-state index is 0.0342. The number of nitrogens with one attached hydrogen (secondary N) is 1. The summed E-state index contributed by atoms with van der Waals surface area (Å²) in [6, 6.07) is 5.52. The first-order valence-corrected chi connectivity index (χ1v) is 7.17. The Labute approximate surface area is 124 Å². The minimum atomic E-state index is -0.163. The first-order chi connectivity index (χ1) is 8.81. The van der Waals surface area contributed by atoms with Gasteiger partial charge >= 0.3 is 0 Å². The van der Waals surface area contributed by atoms with E-state index in [1.807, 2.05) is 45.1 Å². The lowest BCUT2D eigenvalue weighted by Crippen LogP contribution is -2.92. The molecule has 19 heavy (non-hydrogen) atoms. The highest BCUT2D eigenvalue weighted by Crippen LogP contribution is 2.24. The van der Waals surface area contributed by atoms with Gasteiger partial charge in [-0.3, -0.25) is 4.79 Å². The van der Waals surface area contributed by atoms with Crippen LogP contribution in [-0.2, 0) is 4.79 Å². The predicted octanol–water partition coefficient (Wildman–Crippen LogP) is 2.53. The zero-order valence-electron chi connectivity index (χ0n) is 11.7. The van der Waals surface area contributed by atoms with Gasteiger partial charge in [-0.1, -0.05) is 29.3 Å². The second kappa shape index (κ2) is 7.13. The van der Waals surface area contributed by atoms with Crippen LogP contribution in [0.3, 0.4) is 0 Å². The van der Waals surface area contributed by atoms with Gasteiger partial charge in [0.15, 0.2) is 6.04 Å². The molecule has 0 spiro atoms. The lowest BCUT2D eigenvalue weighted by Gasteiger charge is -2.18. The molecule has 0 saturated heterocycles. The molecular formula is C14H21Cl2N2O+. The van der Waals surface area contributed by atoms with Gasteiger partial charge < -0.3 is 10.6 Å². The van der Waals surface area contributed by atoms with Crippen molar-refractivity contribution in [2.24, 2.45) is 0 Å². The zero-order valence-corrected chi connectivity index (χ0v) is 13.2. The molecular weight excluding hydrogens is 283 g/mol.